The van der Waals surface area contributed by atoms with Crippen LogP contribution in [0.15, 0.2) is 42.5 Å². The summed E-state index contributed by atoms with van der Waals surface area (Å²) < 4.78 is 12.2. The fraction of sp³-hybridized carbons (Fsp3) is 0.0769. The van der Waals surface area contributed by atoms with E-state index < -0.39 is 7.80 Å². The molecule has 72 valence electrons. The van der Waals surface area contributed by atoms with Gasteiger partial charge < -0.3 is 0 Å². The van der Waals surface area contributed by atoms with Crippen molar-refractivity contribution in [3.05, 3.63) is 48.0 Å². The minimum Gasteiger partial charge on any atom is -0.0613 e. The molecule has 1 aliphatic heterocycles. The van der Waals surface area contributed by atoms with Gasteiger partial charge in [0.15, 0.2) is 0 Å². The second-order valence-corrected chi connectivity index (χ2v) is 5.38. The van der Waals surface area contributed by atoms with E-state index in [0.717, 1.165) is 21.7 Å². The molecule has 3 rings (SSSR count). The summed E-state index contributed by atoms with van der Waals surface area (Å²) in [6, 6.07) is 14.1. The Labute approximate surface area is 89.6 Å². The number of fused-ring (bicyclic) bond motifs is 3. The fourth-order valence-corrected chi connectivity index (χ4v) is 3.68. The minimum atomic E-state index is -1.36. The molecule has 1 unspecified atom stereocenters. The Kier molecular flexibility index (Phi) is 1.77. The Hall–Kier alpha value is -1.46. The molecule has 0 spiro atoms. The Morgan fingerprint density at radius 2 is 1.67 bits per heavy atom. The zero-order valence-corrected chi connectivity index (χ0v) is 9.29. The van der Waals surface area contributed by atoms with Gasteiger partial charge >= 0.3 is 7.80 Å². The second kappa shape index (κ2) is 3.01. The van der Waals surface area contributed by atoms with Crippen molar-refractivity contribution in [1.82, 2.24) is 0 Å². The zero-order chi connectivity index (χ0) is 10.4. The average Bonchev–Trinajstić information content (AvgIpc) is 2.54. The quantitative estimate of drug-likeness (QED) is 0.525. The van der Waals surface area contributed by atoms with Gasteiger partial charge in [-0.2, -0.15) is 0 Å². The zero-order valence-electron chi connectivity index (χ0n) is 8.40. The standard InChI is InChI=1S/C13H10OP/c1-9-6-7-11-10-4-2-3-5-12(10)15(14)13(11)8-9/h2-8H,1H3/q+1. The highest BCUT2D eigenvalue weighted by Gasteiger charge is 2.38. The van der Waals surface area contributed by atoms with E-state index in [4.69, 9.17) is 0 Å². The molecule has 0 aliphatic carbocycles. The lowest BCUT2D eigenvalue weighted by atomic mass is 10.0. The predicted octanol–water partition coefficient (Wildman–Crippen LogP) is 2.75. The number of aryl methyl sites for hydroxylation is 1. The summed E-state index contributed by atoms with van der Waals surface area (Å²) in [6.07, 6.45) is 0. The number of benzene rings is 2. The highest BCUT2D eigenvalue weighted by Crippen LogP contribution is 2.37. The molecule has 0 saturated heterocycles. The van der Waals surface area contributed by atoms with Crippen molar-refractivity contribution in [2.75, 3.05) is 0 Å². The van der Waals surface area contributed by atoms with Gasteiger partial charge in [-0.15, -0.1) is 0 Å². The van der Waals surface area contributed by atoms with Gasteiger partial charge in [0.1, 0.15) is 0 Å². The third kappa shape index (κ3) is 1.17. The summed E-state index contributed by atoms with van der Waals surface area (Å²) in [4.78, 5) is 0. The van der Waals surface area contributed by atoms with Crippen LogP contribution in [0.25, 0.3) is 11.1 Å². The smallest absolute Gasteiger partial charge is 0.0613 e. The molecule has 1 heterocycles. The van der Waals surface area contributed by atoms with Gasteiger partial charge in [-0.1, -0.05) is 22.8 Å². The molecular formula is C13H10OP+. The predicted molar refractivity (Wildman–Crippen MR) is 63.5 cm³/mol. The molecule has 1 aliphatic rings. The van der Waals surface area contributed by atoms with Crippen molar-refractivity contribution in [2.45, 2.75) is 6.92 Å². The van der Waals surface area contributed by atoms with Gasteiger partial charge in [0.25, 0.3) is 0 Å². The van der Waals surface area contributed by atoms with Crippen LogP contribution in [0, 0.1) is 6.92 Å². The van der Waals surface area contributed by atoms with Crippen LogP contribution in [0.4, 0.5) is 0 Å². The summed E-state index contributed by atoms with van der Waals surface area (Å²) in [6.45, 7) is 2.03. The van der Waals surface area contributed by atoms with Crippen LogP contribution in [0.1, 0.15) is 5.56 Å². The van der Waals surface area contributed by atoms with Crippen LogP contribution in [-0.2, 0) is 4.57 Å². The maximum atomic E-state index is 12.2. The summed E-state index contributed by atoms with van der Waals surface area (Å²) in [5.74, 6) is 0. The molecule has 2 aromatic rings. The minimum absolute atomic E-state index is 0.980. The largest absolute Gasteiger partial charge is 0.416 e. The van der Waals surface area contributed by atoms with E-state index in [9.17, 15) is 4.57 Å². The van der Waals surface area contributed by atoms with Gasteiger partial charge in [0.2, 0.25) is 10.6 Å². The normalized spacial score (nSPS) is 14.9. The second-order valence-electron chi connectivity index (χ2n) is 3.83. The van der Waals surface area contributed by atoms with E-state index >= 15 is 0 Å². The molecule has 0 amide bonds. The molecule has 0 N–H and O–H groups in total. The lowest BCUT2D eigenvalue weighted by Gasteiger charge is -1.94. The monoisotopic (exact) mass is 213 g/mol. The molecule has 2 heteroatoms. The first kappa shape index (κ1) is 8.82. The first-order valence-electron chi connectivity index (χ1n) is 4.95. The van der Waals surface area contributed by atoms with E-state index in [1.807, 2.05) is 37.3 Å². The molecule has 0 aromatic heterocycles. The van der Waals surface area contributed by atoms with Gasteiger partial charge in [-0.3, -0.25) is 0 Å². The van der Waals surface area contributed by atoms with Crippen molar-refractivity contribution in [1.29, 1.82) is 0 Å². The van der Waals surface area contributed by atoms with E-state index in [0.29, 0.717) is 0 Å². The Balaban J connectivity index is 2.38. The summed E-state index contributed by atoms with van der Waals surface area (Å²) in [5.41, 5.74) is 3.44. The summed E-state index contributed by atoms with van der Waals surface area (Å²) >= 11 is 0. The van der Waals surface area contributed by atoms with Crippen molar-refractivity contribution in [2.24, 2.45) is 0 Å². The maximum Gasteiger partial charge on any atom is 0.416 e. The van der Waals surface area contributed by atoms with Crippen LogP contribution < -0.4 is 10.6 Å². The Bertz CT molecular complexity index is 572. The van der Waals surface area contributed by atoms with Crippen molar-refractivity contribution in [3.63, 3.8) is 0 Å². The third-order valence-electron chi connectivity index (χ3n) is 2.79. The lowest BCUT2D eigenvalue weighted by Crippen LogP contribution is -1.98. The van der Waals surface area contributed by atoms with Crippen molar-refractivity contribution in [3.8, 4) is 11.1 Å². The van der Waals surface area contributed by atoms with Crippen LogP contribution in [0.3, 0.4) is 0 Å². The summed E-state index contributed by atoms with van der Waals surface area (Å²) in [7, 11) is -1.36. The van der Waals surface area contributed by atoms with Gasteiger partial charge in [-0.05, 0) is 36.8 Å². The Morgan fingerprint density at radius 1 is 0.933 bits per heavy atom. The highest BCUT2D eigenvalue weighted by molar-refractivity contribution is 7.63. The number of hydrogen-bond acceptors (Lipinski definition) is 1. The molecule has 0 bridgehead atoms. The molecule has 0 fully saturated rings. The van der Waals surface area contributed by atoms with Crippen LogP contribution >= 0.6 is 7.80 Å². The van der Waals surface area contributed by atoms with Crippen molar-refractivity contribution >= 4 is 18.4 Å². The number of rotatable bonds is 0. The van der Waals surface area contributed by atoms with E-state index in [1.165, 1.54) is 5.56 Å². The highest BCUT2D eigenvalue weighted by atomic mass is 31.1. The van der Waals surface area contributed by atoms with E-state index in [2.05, 4.69) is 12.1 Å². The first-order valence-corrected chi connectivity index (χ1v) is 6.20. The topological polar surface area (TPSA) is 17.1 Å². The molecule has 15 heavy (non-hydrogen) atoms. The Morgan fingerprint density at radius 3 is 2.53 bits per heavy atom. The average molecular weight is 213 g/mol. The van der Waals surface area contributed by atoms with Gasteiger partial charge in [-0.25, -0.2) is 0 Å². The van der Waals surface area contributed by atoms with Crippen LogP contribution in [-0.4, -0.2) is 0 Å². The van der Waals surface area contributed by atoms with Crippen molar-refractivity contribution < 1.29 is 4.57 Å². The molecule has 1 atom stereocenters. The first-order chi connectivity index (χ1) is 7.27. The number of hydrogen-bond donors (Lipinski definition) is 0. The van der Waals surface area contributed by atoms with Crippen LogP contribution in [0.2, 0.25) is 0 Å². The molecule has 0 radical (unpaired) electrons. The molecule has 2 aromatic carbocycles. The molecule has 0 saturated carbocycles. The lowest BCUT2D eigenvalue weighted by molar-refractivity contribution is 0.598. The summed E-state index contributed by atoms with van der Waals surface area (Å²) in [5, 5.41) is 1.97. The van der Waals surface area contributed by atoms with Gasteiger partial charge in [0, 0.05) is 11.1 Å². The van der Waals surface area contributed by atoms with Gasteiger partial charge in [0.05, 0.1) is 0 Å². The van der Waals surface area contributed by atoms with Crippen LogP contribution in [0.5, 0.6) is 0 Å². The van der Waals surface area contributed by atoms with E-state index in [1.54, 1.807) is 0 Å². The molecular weight excluding hydrogens is 203 g/mol. The SMILES string of the molecule is Cc1ccc2c(c1)[P+](=O)c1ccccc1-2. The third-order valence-corrected chi connectivity index (χ3v) is 4.42. The van der Waals surface area contributed by atoms with E-state index in [-0.39, 0.29) is 0 Å². The molecule has 1 nitrogen and oxygen atoms in total. The fourth-order valence-electron chi connectivity index (χ4n) is 2.05. The maximum absolute atomic E-state index is 12.2.